The van der Waals surface area contributed by atoms with Crippen molar-refractivity contribution in [1.82, 2.24) is 10.3 Å². The Morgan fingerprint density at radius 3 is 2.88 bits per heavy atom. The summed E-state index contributed by atoms with van der Waals surface area (Å²) in [5, 5.41) is 2.78. The number of nitrogens with zero attached hydrogens (tertiary/aromatic N) is 2. The molecular formula is C19H21N3O4. The molecule has 1 atom stereocenters. The summed E-state index contributed by atoms with van der Waals surface area (Å²) < 4.78 is 10.9. The molecule has 7 nitrogen and oxygen atoms in total. The maximum Gasteiger partial charge on any atom is 0.282 e. The molecule has 136 valence electrons. The zero-order valence-corrected chi connectivity index (χ0v) is 15.0. The van der Waals surface area contributed by atoms with E-state index in [1.165, 1.54) is 11.8 Å². The zero-order chi connectivity index (χ0) is 18.7. The van der Waals surface area contributed by atoms with Crippen LogP contribution in [0.2, 0.25) is 0 Å². The van der Waals surface area contributed by atoms with Gasteiger partial charge in [0.05, 0.1) is 7.11 Å². The van der Waals surface area contributed by atoms with Gasteiger partial charge in [0.1, 0.15) is 5.75 Å². The van der Waals surface area contributed by atoms with Crippen LogP contribution in [0.25, 0.3) is 0 Å². The van der Waals surface area contributed by atoms with E-state index in [1.54, 1.807) is 25.4 Å². The van der Waals surface area contributed by atoms with E-state index in [0.29, 0.717) is 23.9 Å². The summed E-state index contributed by atoms with van der Waals surface area (Å²) in [6, 6.07) is 10.8. The van der Waals surface area contributed by atoms with Crippen molar-refractivity contribution in [3.8, 4) is 11.5 Å². The number of aromatic nitrogens is 1. The third-order valence-corrected chi connectivity index (χ3v) is 4.31. The molecular weight excluding hydrogens is 334 g/mol. The molecule has 3 rings (SSSR count). The highest BCUT2D eigenvalue weighted by molar-refractivity contribution is 6.16. The minimum atomic E-state index is -1.65. The molecule has 1 aliphatic heterocycles. The van der Waals surface area contributed by atoms with Crippen LogP contribution in [0.15, 0.2) is 42.6 Å². The van der Waals surface area contributed by atoms with E-state index < -0.39 is 17.4 Å². The molecule has 0 aliphatic carbocycles. The van der Waals surface area contributed by atoms with Crippen LogP contribution in [0.3, 0.4) is 0 Å². The minimum Gasteiger partial charge on any atom is -0.497 e. The van der Waals surface area contributed by atoms with E-state index in [2.05, 4.69) is 10.3 Å². The number of anilines is 1. The second-order valence-corrected chi connectivity index (χ2v) is 6.04. The van der Waals surface area contributed by atoms with Crippen LogP contribution in [0.4, 0.5) is 5.82 Å². The van der Waals surface area contributed by atoms with Gasteiger partial charge < -0.3 is 14.8 Å². The van der Waals surface area contributed by atoms with Crippen molar-refractivity contribution in [1.29, 1.82) is 0 Å². The minimum absolute atomic E-state index is 0.258. The third kappa shape index (κ3) is 3.08. The summed E-state index contributed by atoms with van der Waals surface area (Å²) in [6.45, 7) is 3.96. The highest BCUT2D eigenvalue weighted by atomic mass is 16.5. The molecule has 1 aliphatic rings. The van der Waals surface area contributed by atoms with Crippen LogP contribution in [0.1, 0.15) is 19.4 Å². The molecule has 0 radical (unpaired) electrons. The van der Waals surface area contributed by atoms with Gasteiger partial charge in [0.2, 0.25) is 0 Å². The maximum absolute atomic E-state index is 12.9. The Morgan fingerprint density at radius 2 is 2.15 bits per heavy atom. The zero-order valence-electron chi connectivity index (χ0n) is 15.0. The van der Waals surface area contributed by atoms with Gasteiger partial charge in [-0.15, -0.1) is 0 Å². The first kappa shape index (κ1) is 17.7. The van der Waals surface area contributed by atoms with Gasteiger partial charge in [-0.25, -0.2) is 4.98 Å². The summed E-state index contributed by atoms with van der Waals surface area (Å²) in [7, 11) is 1.58. The van der Waals surface area contributed by atoms with Crippen molar-refractivity contribution < 1.29 is 19.1 Å². The Bertz CT molecular complexity index is 839. The highest BCUT2D eigenvalue weighted by Gasteiger charge is 2.50. The van der Waals surface area contributed by atoms with Crippen LogP contribution in [0, 0.1) is 0 Å². The molecule has 2 aromatic rings. The molecule has 2 heterocycles. The summed E-state index contributed by atoms with van der Waals surface area (Å²) in [5.74, 6) is 0.601. The molecule has 1 aromatic heterocycles. The summed E-state index contributed by atoms with van der Waals surface area (Å²) in [4.78, 5) is 31.3. The fourth-order valence-corrected chi connectivity index (χ4v) is 2.85. The fraction of sp³-hybridized carbons (Fsp3) is 0.316. The number of nitrogens with one attached hydrogen (secondary N) is 1. The lowest BCUT2D eigenvalue weighted by atomic mass is 10.0. The van der Waals surface area contributed by atoms with Gasteiger partial charge in [-0.1, -0.05) is 12.1 Å². The molecule has 2 amide bonds. The van der Waals surface area contributed by atoms with Gasteiger partial charge in [-0.2, -0.15) is 0 Å². The van der Waals surface area contributed by atoms with E-state index >= 15 is 0 Å². The number of carbonyl (C=O) groups excluding carboxylic acids is 2. The lowest BCUT2D eigenvalue weighted by molar-refractivity contribution is -0.148. The number of ether oxygens (including phenoxy) is 2. The van der Waals surface area contributed by atoms with Crippen LogP contribution in [0.5, 0.6) is 11.5 Å². The molecule has 0 saturated carbocycles. The quantitative estimate of drug-likeness (QED) is 0.829. The maximum atomic E-state index is 12.9. The predicted molar refractivity (Wildman–Crippen MR) is 96.1 cm³/mol. The van der Waals surface area contributed by atoms with E-state index in [9.17, 15) is 9.59 Å². The number of pyridine rings is 1. The second-order valence-electron chi connectivity index (χ2n) is 6.04. The number of hydrogen-bond donors (Lipinski definition) is 1. The van der Waals surface area contributed by atoms with Crippen molar-refractivity contribution in [2.24, 2.45) is 0 Å². The molecule has 0 unspecified atom stereocenters. The van der Waals surface area contributed by atoms with Crippen molar-refractivity contribution in [3.63, 3.8) is 0 Å². The van der Waals surface area contributed by atoms with E-state index in [-0.39, 0.29) is 6.54 Å². The number of fused-ring (bicyclic) bond motifs is 1. The number of carbonyl (C=O) groups is 2. The van der Waals surface area contributed by atoms with Crippen LogP contribution in [-0.4, -0.2) is 36.1 Å². The molecule has 0 spiro atoms. The van der Waals surface area contributed by atoms with Crippen LogP contribution >= 0.6 is 0 Å². The van der Waals surface area contributed by atoms with Crippen LogP contribution < -0.4 is 19.7 Å². The number of rotatable bonds is 5. The average molecular weight is 355 g/mol. The van der Waals surface area contributed by atoms with Crippen molar-refractivity contribution >= 4 is 17.6 Å². The number of likely N-dealkylation sites (N-methyl/N-ethyl adjacent to an activating group) is 1. The Balaban J connectivity index is 1.80. The number of methoxy groups -OCH3 is 1. The Kier molecular flexibility index (Phi) is 4.79. The van der Waals surface area contributed by atoms with Gasteiger partial charge in [0, 0.05) is 19.3 Å². The Hall–Kier alpha value is -3.09. The second kappa shape index (κ2) is 7.03. The van der Waals surface area contributed by atoms with Gasteiger partial charge in [-0.3, -0.25) is 14.5 Å². The first-order chi connectivity index (χ1) is 12.5. The Morgan fingerprint density at radius 1 is 1.35 bits per heavy atom. The number of amides is 2. The fourth-order valence-electron chi connectivity index (χ4n) is 2.85. The van der Waals surface area contributed by atoms with Gasteiger partial charge in [0.25, 0.3) is 17.4 Å². The molecule has 1 aromatic carbocycles. The third-order valence-electron chi connectivity index (χ3n) is 4.31. The predicted octanol–water partition coefficient (Wildman–Crippen LogP) is 1.91. The standard InChI is InChI=1S/C19H21N3O4/c1-4-22-16-15(9-6-10-20-16)26-19(2,18(22)24)17(23)21-12-13-7-5-8-14(11-13)25-3/h5-11H,4,12H2,1-3H3,(H,21,23)/t19-/m1/s1. The lowest BCUT2D eigenvalue weighted by Gasteiger charge is -2.38. The monoisotopic (exact) mass is 355 g/mol. The van der Waals surface area contributed by atoms with Gasteiger partial charge in [0.15, 0.2) is 11.6 Å². The average Bonchev–Trinajstić information content (AvgIpc) is 2.67. The first-order valence-electron chi connectivity index (χ1n) is 8.37. The smallest absolute Gasteiger partial charge is 0.282 e. The molecule has 26 heavy (non-hydrogen) atoms. The lowest BCUT2D eigenvalue weighted by Crippen LogP contribution is -2.62. The van der Waals surface area contributed by atoms with Crippen LogP contribution in [-0.2, 0) is 16.1 Å². The van der Waals surface area contributed by atoms with Crippen molar-refractivity contribution in [2.45, 2.75) is 26.0 Å². The van der Waals surface area contributed by atoms with Gasteiger partial charge >= 0.3 is 0 Å². The first-order valence-corrected chi connectivity index (χ1v) is 8.37. The number of benzene rings is 1. The largest absolute Gasteiger partial charge is 0.497 e. The van der Waals surface area contributed by atoms with E-state index in [0.717, 1.165) is 5.56 Å². The molecule has 0 bridgehead atoms. The van der Waals surface area contributed by atoms with Gasteiger partial charge in [-0.05, 0) is 43.7 Å². The molecule has 0 saturated heterocycles. The SMILES string of the molecule is CCN1C(=O)[C@@](C)(C(=O)NCc2cccc(OC)c2)Oc2cccnc21. The van der Waals surface area contributed by atoms with E-state index in [1.807, 2.05) is 31.2 Å². The topological polar surface area (TPSA) is 80.8 Å². The summed E-state index contributed by atoms with van der Waals surface area (Å²) in [6.07, 6.45) is 1.59. The molecule has 1 N–H and O–H groups in total. The summed E-state index contributed by atoms with van der Waals surface area (Å²) in [5.41, 5.74) is -0.788. The highest BCUT2D eigenvalue weighted by Crippen LogP contribution is 2.35. The normalized spacial score (nSPS) is 18.7. The summed E-state index contributed by atoms with van der Waals surface area (Å²) >= 11 is 0. The molecule has 0 fully saturated rings. The van der Waals surface area contributed by atoms with Crippen molar-refractivity contribution in [2.75, 3.05) is 18.6 Å². The van der Waals surface area contributed by atoms with E-state index in [4.69, 9.17) is 9.47 Å². The Labute approximate surface area is 151 Å². The number of hydrogen-bond acceptors (Lipinski definition) is 5. The molecule has 7 heteroatoms. The van der Waals surface area contributed by atoms with Crippen molar-refractivity contribution in [3.05, 3.63) is 48.2 Å².